The molecule has 0 aliphatic rings. The highest BCUT2D eigenvalue weighted by Gasteiger charge is 2.07. The van der Waals surface area contributed by atoms with E-state index in [9.17, 15) is 4.79 Å². The van der Waals surface area contributed by atoms with Gasteiger partial charge in [0.15, 0.2) is 0 Å². The number of aromatic nitrogens is 3. The fourth-order valence-corrected chi connectivity index (χ4v) is 1.93. The lowest BCUT2D eigenvalue weighted by Crippen LogP contribution is -2.12. The van der Waals surface area contributed by atoms with Crippen molar-refractivity contribution in [2.75, 3.05) is 5.32 Å². The van der Waals surface area contributed by atoms with Crippen LogP contribution in [-0.2, 0) is 0 Å². The molecule has 7 heteroatoms. The van der Waals surface area contributed by atoms with Crippen LogP contribution < -0.4 is 10.1 Å². The maximum absolute atomic E-state index is 12.1. The van der Waals surface area contributed by atoms with Gasteiger partial charge in [-0.1, -0.05) is 17.7 Å². The molecule has 0 bridgehead atoms. The molecule has 1 amide bonds. The Kier molecular flexibility index (Phi) is 4.44. The van der Waals surface area contributed by atoms with Gasteiger partial charge in [-0.15, -0.1) is 5.10 Å². The minimum absolute atomic E-state index is 0.286. The van der Waals surface area contributed by atoms with Crippen LogP contribution in [0.4, 0.5) is 5.69 Å². The molecule has 0 aliphatic carbocycles. The van der Waals surface area contributed by atoms with Crippen LogP contribution in [0.5, 0.6) is 11.6 Å². The molecule has 6 nitrogen and oxygen atoms in total. The molecule has 1 N–H and O–H groups in total. The average Bonchev–Trinajstić information content (AvgIpc) is 2.57. The zero-order valence-corrected chi connectivity index (χ0v) is 12.6. The summed E-state index contributed by atoms with van der Waals surface area (Å²) >= 11 is 5.70. The molecule has 2 heterocycles. The Morgan fingerprint density at radius 2 is 2.04 bits per heavy atom. The lowest BCUT2D eigenvalue weighted by Gasteiger charge is -2.08. The van der Waals surface area contributed by atoms with E-state index in [0.717, 1.165) is 0 Å². The first-order valence-corrected chi connectivity index (χ1v) is 7.07. The van der Waals surface area contributed by atoms with Crippen LogP contribution in [0, 0.1) is 0 Å². The summed E-state index contributed by atoms with van der Waals surface area (Å²) in [5, 5.41) is 10.7. The molecule has 1 aromatic carbocycles. The van der Waals surface area contributed by atoms with Gasteiger partial charge in [-0.2, -0.15) is 5.10 Å². The number of anilines is 1. The van der Waals surface area contributed by atoms with E-state index in [2.05, 4.69) is 20.5 Å². The molecule has 0 atom stereocenters. The molecule has 0 spiro atoms. The summed E-state index contributed by atoms with van der Waals surface area (Å²) < 4.78 is 5.57. The first-order valence-electron chi connectivity index (χ1n) is 6.69. The predicted octanol–water partition coefficient (Wildman–Crippen LogP) is 3.57. The second kappa shape index (κ2) is 6.85. The van der Waals surface area contributed by atoms with E-state index < -0.39 is 0 Å². The van der Waals surface area contributed by atoms with Crippen molar-refractivity contribution in [1.82, 2.24) is 15.2 Å². The normalized spacial score (nSPS) is 10.1. The zero-order chi connectivity index (χ0) is 16.1. The van der Waals surface area contributed by atoms with E-state index in [1.54, 1.807) is 54.7 Å². The maximum Gasteiger partial charge on any atom is 0.257 e. The fourth-order valence-electron chi connectivity index (χ4n) is 1.81. The van der Waals surface area contributed by atoms with Gasteiger partial charge in [-0.25, -0.2) is 4.98 Å². The molecule has 114 valence electrons. The van der Waals surface area contributed by atoms with Crippen LogP contribution in [0.15, 0.2) is 60.9 Å². The second-order valence-corrected chi connectivity index (χ2v) is 4.90. The average molecular weight is 327 g/mol. The quantitative estimate of drug-likeness (QED) is 0.742. The number of benzene rings is 1. The van der Waals surface area contributed by atoms with E-state index in [1.807, 2.05) is 0 Å². The predicted molar refractivity (Wildman–Crippen MR) is 85.7 cm³/mol. The third kappa shape index (κ3) is 4.02. The van der Waals surface area contributed by atoms with Gasteiger partial charge < -0.3 is 10.1 Å². The molecule has 3 rings (SSSR count). The van der Waals surface area contributed by atoms with Crippen LogP contribution in [0.3, 0.4) is 0 Å². The number of halogens is 1. The van der Waals surface area contributed by atoms with Crippen molar-refractivity contribution in [3.05, 3.63) is 71.6 Å². The number of rotatable bonds is 4. The number of ether oxygens (including phenoxy) is 1. The lowest BCUT2D eigenvalue weighted by molar-refractivity contribution is 0.102. The van der Waals surface area contributed by atoms with Crippen molar-refractivity contribution in [1.29, 1.82) is 0 Å². The highest BCUT2D eigenvalue weighted by molar-refractivity contribution is 6.29. The minimum atomic E-state index is -0.286. The first kappa shape index (κ1) is 14.9. The fraction of sp³-hybridized carbons (Fsp3) is 0. The summed E-state index contributed by atoms with van der Waals surface area (Å²) in [6.45, 7) is 0. The molecule has 3 aromatic rings. The van der Waals surface area contributed by atoms with E-state index in [1.165, 1.54) is 6.20 Å². The highest BCUT2D eigenvalue weighted by Crippen LogP contribution is 2.22. The molecular formula is C16H11ClN4O2. The number of carbonyl (C=O) groups is 1. The molecule has 0 fully saturated rings. The van der Waals surface area contributed by atoms with Gasteiger partial charge >= 0.3 is 0 Å². The van der Waals surface area contributed by atoms with Gasteiger partial charge in [0.25, 0.3) is 5.91 Å². The summed E-state index contributed by atoms with van der Waals surface area (Å²) in [5.41, 5.74) is 1.00. The minimum Gasteiger partial charge on any atom is -0.437 e. The van der Waals surface area contributed by atoms with Gasteiger partial charge in [0.1, 0.15) is 10.9 Å². The Labute approximate surface area is 137 Å². The smallest absolute Gasteiger partial charge is 0.257 e. The highest BCUT2D eigenvalue weighted by atomic mass is 35.5. The number of nitrogens with zero attached hydrogens (tertiary/aromatic N) is 3. The third-order valence-electron chi connectivity index (χ3n) is 2.85. The van der Waals surface area contributed by atoms with Gasteiger partial charge in [0, 0.05) is 30.2 Å². The van der Waals surface area contributed by atoms with Crippen LogP contribution in [-0.4, -0.2) is 21.1 Å². The Hall–Kier alpha value is -2.99. The van der Waals surface area contributed by atoms with Gasteiger partial charge in [-0.3, -0.25) is 4.79 Å². The van der Waals surface area contributed by atoms with Gasteiger partial charge in [0.05, 0.1) is 5.56 Å². The van der Waals surface area contributed by atoms with Crippen molar-refractivity contribution >= 4 is 23.2 Å². The molecule has 0 saturated heterocycles. The Morgan fingerprint density at radius 1 is 1.13 bits per heavy atom. The van der Waals surface area contributed by atoms with Crippen LogP contribution >= 0.6 is 11.6 Å². The summed E-state index contributed by atoms with van der Waals surface area (Å²) in [6, 6.07) is 13.5. The zero-order valence-electron chi connectivity index (χ0n) is 11.8. The van der Waals surface area contributed by atoms with E-state index in [4.69, 9.17) is 16.3 Å². The van der Waals surface area contributed by atoms with E-state index >= 15 is 0 Å². The Morgan fingerprint density at radius 3 is 2.78 bits per heavy atom. The summed E-state index contributed by atoms with van der Waals surface area (Å²) in [7, 11) is 0. The molecule has 0 unspecified atom stereocenters. The van der Waals surface area contributed by atoms with Gasteiger partial charge in [0.2, 0.25) is 5.88 Å². The third-order valence-corrected chi connectivity index (χ3v) is 3.08. The topological polar surface area (TPSA) is 77.0 Å². The number of carbonyl (C=O) groups excluding carboxylic acids is 1. The van der Waals surface area contributed by atoms with E-state index in [-0.39, 0.29) is 5.91 Å². The van der Waals surface area contributed by atoms with Crippen LogP contribution in [0.2, 0.25) is 5.15 Å². The van der Waals surface area contributed by atoms with E-state index in [0.29, 0.717) is 28.0 Å². The van der Waals surface area contributed by atoms with Crippen molar-refractivity contribution in [2.24, 2.45) is 0 Å². The van der Waals surface area contributed by atoms with Gasteiger partial charge in [-0.05, 0) is 30.3 Å². The maximum atomic E-state index is 12.1. The van der Waals surface area contributed by atoms with Crippen molar-refractivity contribution in [2.45, 2.75) is 0 Å². The van der Waals surface area contributed by atoms with Crippen molar-refractivity contribution < 1.29 is 9.53 Å². The molecular weight excluding hydrogens is 316 g/mol. The van der Waals surface area contributed by atoms with Crippen molar-refractivity contribution in [3.8, 4) is 11.6 Å². The summed E-state index contributed by atoms with van der Waals surface area (Å²) in [6.07, 6.45) is 2.97. The summed E-state index contributed by atoms with van der Waals surface area (Å²) in [5.74, 6) is 0.626. The van der Waals surface area contributed by atoms with Crippen LogP contribution in [0.25, 0.3) is 0 Å². The molecule has 23 heavy (non-hydrogen) atoms. The first-order chi connectivity index (χ1) is 11.2. The Bertz CT molecular complexity index is 810. The molecule has 0 aliphatic heterocycles. The Balaban J connectivity index is 1.72. The van der Waals surface area contributed by atoms with Crippen LogP contribution in [0.1, 0.15) is 10.4 Å². The standard InChI is InChI=1S/C16H11ClN4O2/c17-14-7-6-11(10-18-14)16(22)20-12-3-1-4-13(9-12)23-15-5-2-8-19-21-15/h1-10H,(H,20,22). The molecule has 0 saturated carbocycles. The monoisotopic (exact) mass is 326 g/mol. The second-order valence-electron chi connectivity index (χ2n) is 4.52. The largest absolute Gasteiger partial charge is 0.437 e. The molecule has 0 radical (unpaired) electrons. The molecule has 2 aromatic heterocycles. The van der Waals surface area contributed by atoms with Crippen molar-refractivity contribution in [3.63, 3.8) is 0 Å². The lowest BCUT2D eigenvalue weighted by atomic mass is 10.2. The number of nitrogens with one attached hydrogen (secondary N) is 1. The summed E-state index contributed by atoms with van der Waals surface area (Å²) in [4.78, 5) is 16.0. The number of pyridine rings is 1. The SMILES string of the molecule is O=C(Nc1cccc(Oc2cccnn2)c1)c1ccc(Cl)nc1. The number of amides is 1. The number of hydrogen-bond donors (Lipinski definition) is 1. The number of hydrogen-bond acceptors (Lipinski definition) is 5.